The Kier molecular flexibility index (Phi) is 5.03. The van der Waals surface area contributed by atoms with Gasteiger partial charge < -0.3 is 15.9 Å². The summed E-state index contributed by atoms with van der Waals surface area (Å²) in [6, 6.07) is 3.63. The second-order valence-electron chi connectivity index (χ2n) is 3.31. The summed E-state index contributed by atoms with van der Waals surface area (Å²) in [5.41, 5.74) is 6.49. The summed E-state index contributed by atoms with van der Waals surface area (Å²) in [5, 5.41) is 17.7. The molecule has 0 saturated carbocycles. The SMILES string of the molecule is Nc1ccc(CN(CCO)CCO)cn1. The zero-order valence-corrected chi connectivity index (χ0v) is 8.63. The maximum absolute atomic E-state index is 8.83. The van der Waals surface area contributed by atoms with Crippen molar-refractivity contribution in [1.82, 2.24) is 9.88 Å². The first kappa shape index (κ1) is 11.9. The molecule has 0 fully saturated rings. The standard InChI is InChI=1S/C10H17N3O2/c11-10-2-1-9(7-12-10)8-13(3-5-14)4-6-15/h1-2,7,14-15H,3-6,8H2,(H2,11,12). The lowest BCUT2D eigenvalue weighted by atomic mass is 10.2. The van der Waals surface area contributed by atoms with Gasteiger partial charge in [-0.25, -0.2) is 4.98 Å². The molecule has 0 aliphatic carbocycles. The molecular formula is C10H17N3O2. The maximum Gasteiger partial charge on any atom is 0.123 e. The van der Waals surface area contributed by atoms with Crippen molar-refractivity contribution in [3.8, 4) is 0 Å². The third-order valence-corrected chi connectivity index (χ3v) is 2.09. The van der Waals surface area contributed by atoms with Gasteiger partial charge in [-0.3, -0.25) is 4.90 Å². The molecule has 0 aromatic carbocycles. The Balaban J connectivity index is 2.53. The van der Waals surface area contributed by atoms with Crippen molar-refractivity contribution in [2.24, 2.45) is 0 Å². The van der Waals surface area contributed by atoms with Gasteiger partial charge in [0.25, 0.3) is 0 Å². The van der Waals surface area contributed by atoms with E-state index in [1.165, 1.54) is 0 Å². The zero-order valence-electron chi connectivity index (χ0n) is 8.63. The van der Waals surface area contributed by atoms with Crippen LogP contribution in [0.3, 0.4) is 0 Å². The van der Waals surface area contributed by atoms with E-state index in [-0.39, 0.29) is 13.2 Å². The normalized spacial score (nSPS) is 10.9. The molecule has 5 heteroatoms. The minimum absolute atomic E-state index is 0.0857. The molecule has 5 nitrogen and oxygen atoms in total. The smallest absolute Gasteiger partial charge is 0.123 e. The number of aromatic nitrogens is 1. The molecule has 1 aromatic heterocycles. The van der Waals surface area contributed by atoms with Crippen LogP contribution >= 0.6 is 0 Å². The quantitative estimate of drug-likeness (QED) is 0.588. The maximum atomic E-state index is 8.83. The van der Waals surface area contributed by atoms with Crippen LogP contribution in [0.15, 0.2) is 18.3 Å². The fourth-order valence-electron chi connectivity index (χ4n) is 1.34. The first-order valence-electron chi connectivity index (χ1n) is 4.90. The second-order valence-corrected chi connectivity index (χ2v) is 3.31. The van der Waals surface area contributed by atoms with Crippen LogP contribution in [-0.2, 0) is 6.54 Å². The molecule has 0 aliphatic heterocycles. The molecule has 15 heavy (non-hydrogen) atoms. The fraction of sp³-hybridized carbons (Fsp3) is 0.500. The van der Waals surface area contributed by atoms with Crippen molar-refractivity contribution >= 4 is 5.82 Å². The molecule has 0 amide bonds. The van der Waals surface area contributed by atoms with Crippen molar-refractivity contribution in [1.29, 1.82) is 0 Å². The minimum atomic E-state index is 0.0857. The number of nitrogen functional groups attached to an aromatic ring is 1. The molecule has 0 spiro atoms. The minimum Gasteiger partial charge on any atom is -0.395 e. The third-order valence-electron chi connectivity index (χ3n) is 2.09. The zero-order chi connectivity index (χ0) is 11.1. The van der Waals surface area contributed by atoms with Crippen LogP contribution in [-0.4, -0.2) is 46.4 Å². The molecule has 0 unspecified atom stereocenters. The second kappa shape index (κ2) is 6.34. The number of rotatable bonds is 6. The van der Waals surface area contributed by atoms with Gasteiger partial charge in [0.1, 0.15) is 5.82 Å². The van der Waals surface area contributed by atoms with Crippen molar-refractivity contribution in [3.05, 3.63) is 23.9 Å². The molecular weight excluding hydrogens is 194 g/mol. The highest BCUT2D eigenvalue weighted by molar-refractivity contribution is 5.29. The van der Waals surface area contributed by atoms with E-state index in [2.05, 4.69) is 4.98 Å². The van der Waals surface area contributed by atoms with Crippen LogP contribution in [0, 0.1) is 0 Å². The average molecular weight is 211 g/mol. The number of aliphatic hydroxyl groups excluding tert-OH is 2. The summed E-state index contributed by atoms with van der Waals surface area (Å²) in [5.74, 6) is 0.495. The summed E-state index contributed by atoms with van der Waals surface area (Å²) in [7, 11) is 0. The van der Waals surface area contributed by atoms with Gasteiger partial charge in [0.05, 0.1) is 13.2 Å². The summed E-state index contributed by atoms with van der Waals surface area (Å²) in [6.07, 6.45) is 1.71. The molecule has 0 atom stereocenters. The monoisotopic (exact) mass is 211 g/mol. The number of nitrogens with two attached hydrogens (primary N) is 1. The number of anilines is 1. The highest BCUT2D eigenvalue weighted by Crippen LogP contribution is 2.04. The van der Waals surface area contributed by atoms with Gasteiger partial charge in [-0.2, -0.15) is 0 Å². The lowest BCUT2D eigenvalue weighted by molar-refractivity contribution is 0.156. The van der Waals surface area contributed by atoms with Gasteiger partial charge in [-0.1, -0.05) is 6.07 Å². The Labute approximate surface area is 89.2 Å². The van der Waals surface area contributed by atoms with Crippen LogP contribution in [0.4, 0.5) is 5.82 Å². The number of hydrogen-bond acceptors (Lipinski definition) is 5. The fourth-order valence-corrected chi connectivity index (χ4v) is 1.34. The first-order valence-corrected chi connectivity index (χ1v) is 4.90. The van der Waals surface area contributed by atoms with E-state index in [0.717, 1.165) is 5.56 Å². The lowest BCUT2D eigenvalue weighted by Crippen LogP contribution is -2.29. The van der Waals surface area contributed by atoms with E-state index in [1.807, 2.05) is 11.0 Å². The van der Waals surface area contributed by atoms with Gasteiger partial charge >= 0.3 is 0 Å². The van der Waals surface area contributed by atoms with E-state index < -0.39 is 0 Å². The van der Waals surface area contributed by atoms with Crippen LogP contribution in [0.25, 0.3) is 0 Å². The number of nitrogens with zero attached hydrogens (tertiary/aromatic N) is 2. The van der Waals surface area contributed by atoms with Crippen molar-refractivity contribution in [2.45, 2.75) is 6.54 Å². The van der Waals surface area contributed by atoms with Crippen LogP contribution in [0.1, 0.15) is 5.56 Å². The number of hydrogen-bond donors (Lipinski definition) is 3. The Morgan fingerprint density at radius 2 is 1.87 bits per heavy atom. The van der Waals surface area contributed by atoms with E-state index in [4.69, 9.17) is 15.9 Å². The van der Waals surface area contributed by atoms with E-state index in [1.54, 1.807) is 12.3 Å². The molecule has 4 N–H and O–H groups in total. The summed E-state index contributed by atoms with van der Waals surface area (Å²) in [6.45, 7) is 1.93. The molecule has 0 saturated heterocycles. The highest BCUT2D eigenvalue weighted by Gasteiger charge is 2.04. The average Bonchev–Trinajstić information content (AvgIpc) is 2.22. The van der Waals surface area contributed by atoms with Crippen molar-refractivity contribution < 1.29 is 10.2 Å². The molecule has 84 valence electrons. The Bertz CT molecular complexity index is 271. The van der Waals surface area contributed by atoms with Crippen molar-refractivity contribution in [3.63, 3.8) is 0 Å². The lowest BCUT2D eigenvalue weighted by Gasteiger charge is -2.19. The summed E-state index contributed by atoms with van der Waals surface area (Å²) >= 11 is 0. The van der Waals surface area contributed by atoms with Gasteiger partial charge in [0.15, 0.2) is 0 Å². The summed E-state index contributed by atoms with van der Waals surface area (Å²) in [4.78, 5) is 5.93. The Morgan fingerprint density at radius 1 is 1.20 bits per heavy atom. The van der Waals surface area contributed by atoms with Gasteiger partial charge in [-0.15, -0.1) is 0 Å². The predicted molar refractivity (Wildman–Crippen MR) is 58.1 cm³/mol. The number of aliphatic hydroxyl groups is 2. The predicted octanol–water partition coefficient (Wildman–Crippen LogP) is -0.550. The van der Waals surface area contributed by atoms with Crippen LogP contribution < -0.4 is 5.73 Å². The first-order chi connectivity index (χ1) is 7.26. The third kappa shape index (κ3) is 4.24. The van der Waals surface area contributed by atoms with Crippen LogP contribution in [0.2, 0.25) is 0 Å². The Morgan fingerprint density at radius 3 is 2.33 bits per heavy atom. The van der Waals surface area contributed by atoms with Gasteiger partial charge in [-0.05, 0) is 11.6 Å². The Hall–Kier alpha value is -1.17. The molecule has 0 aliphatic rings. The molecule has 1 aromatic rings. The van der Waals surface area contributed by atoms with Crippen LogP contribution in [0.5, 0.6) is 0 Å². The largest absolute Gasteiger partial charge is 0.395 e. The van der Waals surface area contributed by atoms with Crippen molar-refractivity contribution in [2.75, 3.05) is 32.0 Å². The van der Waals surface area contributed by atoms with Gasteiger partial charge in [0, 0.05) is 25.8 Å². The van der Waals surface area contributed by atoms with E-state index >= 15 is 0 Å². The summed E-state index contributed by atoms with van der Waals surface area (Å²) < 4.78 is 0. The molecule has 1 heterocycles. The topological polar surface area (TPSA) is 82.6 Å². The number of pyridine rings is 1. The highest BCUT2D eigenvalue weighted by atomic mass is 16.3. The van der Waals surface area contributed by atoms with Gasteiger partial charge in [0.2, 0.25) is 0 Å². The molecule has 0 bridgehead atoms. The molecule has 0 radical (unpaired) electrons. The van der Waals surface area contributed by atoms with E-state index in [0.29, 0.717) is 25.5 Å². The molecule has 1 rings (SSSR count). The van der Waals surface area contributed by atoms with E-state index in [9.17, 15) is 0 Å².